The van der Waals surface area contributed by atoms with Crippen LogP contribution in [-0.4, -0.2) is 53.4 Å². The number of rotatable bonds is 5. The molecule has 172 valence electrons. The van der Waals surface area contributed by atoms with E-state index in [2.05, 4.69) is 10.0 Å². The average molecular weight is 492 g/mol. The smallest absolute Gasteiger partial charge is 0.262 e. The first kappa shape index (κ1) is 21.8. The third-order valence-electron chi connectivity index (χ3n) is 5.55. The molecule has 3 aromatic carbocycles. The van der Waals surface area contributed by atoms with Crippen LogP contribution in [0, 0.1) is 5.82 Å². The van der Waals surface area contributed by atoms with Gasteiger partial charge in [-0.15, -0.1) is 0 Å². The second-order valence-electron chi connectivity index (χ2n) is 7.56. The molecule has 0 aliphatic carbocycles. The maximum absolute atomic E-state index is 14.5. The first-order valence-corrected chi connectivity index (χ1v) is 12.9. The highest BCUT2D eigenvalue weighted by atomic mass is 32.2. The number of nitrogens with zero attached hydrogens (tertiary/aromatic N) is 1. The Kier molecular flexibility index (Phi) is 5.12. The van der Waals surface area contributed by atoms with Crippen LogP contribution in [0.25, 0.3) is 10.8 Å². The summed E-state index contributed by atoms with van der Waals surface area (Å²) in [5.74, 6) is -1.31. The van der Waals surface area contributed by atoms with E-state index in [0.29, 0.717) is 22.0 Å². The molecule has 2 N–H and O–H groups in total. The molecule has 12 heteroatoms. The van der Waals surface area contributed by atoms with Gasteiger partial charge in [0.1, 0.15) is 10.7 Å². The lowest BCUT2D eigenvalue weighted by Gasteiger charge is -2.26. The van der Waals surface area contributed by atoms with E-state index < -0.39 is 30.8 Å². The fraction of sp³-hybridized carbons (Fsp3) is 0.190. The summed E-state index contributed by atoms with van der Waals surface area (Å²) < 4.78 is 75.2. The van der Waals surface area contributed by atoms with E-state index in [9.17, 15) is 26.0 Å². The van der Waals surface area contributed by atoms with Gasteiger partial charge >= 0.3 is 0 Å². The summed E-state index contributed by atoms with van der Waals surface area (Å²) in [6.07, 6.45) is 0. The summed E-state index contributed by atoms with van der Waals surface area (Å²) >= 11 is 0. The van der Waals surface area contributed by atoms with Crippen molar-refractivity contribution in [1.29, 1.82) is 0 Å². The van der Waals surface area contributed by atoms with Crippen molar-refractivity contribution in [3.8, 4) is 0 Å². The maximum atomic E-state index is 14.5. The zero-order valence-corrected chi connectivity index (χ0v) is 18.7. The number of benzene rings is 3. The minimum atomic E-state index is -4.20. The molecule has 33 heavy (non-hydrogen) atoms. The monoisotopic (exact) mass is 491 g/mol. The molecular weight excluding hydrogens is 473 g/mol. The molecular formula is C21H18FN3O6S2. The molecule has 5 rings (SSSR count). The van der Waals surface area contributed by atoms with Gasteiger partial charge in [0, 0.05) is 35.1 Å². The maximum Gasteiger partial charge on any atom is 0.262 e. The van der Waals surface area contributed by atoms with Crippen LogP contribution in [0.15, 0.2) is 58.3 Å². The van der Waals surface area contributed by atoms with Crippen molar-refractivity contribution in [3.63, 3.8) is 0 Å². The number of ether oxygens (including phenoxy) is 1. The van der Waals surface area contributed by atoms with Gasteiger partial charge in [-0.3, -0.25) is 9.52 Å². The zero-order chi connectivity index (χ0) is 23.4. The quantitative estimate of drug-likeness (QED) is 0.565. The Bertz CT molecular complexity index is 1520. The van der Waals surface area contributed by atoms with E-state index in [1.807, 2.05) is 0 Å². The predicted octanol–water partition coefficient (Wildman–Crippen LogP) is 2.37. The molecule has 2 aliphatic rings. The molecule has 2 heterocycles. The van der Waals surface area contributed by atoms with Crippen LogP contribution >= 0.6 is 0 Å². The third-order valence-corrected chi connectivity index (χ3v) is 8.91. The van der Waals surface area contributed by atoms with Crippen LogP contribution in [0.2, 0.25) is 0 Å². The van der Waals surface area contributed by atoms with E-state index in [4.69, 9.17) is 4.74 Å². The summed E-state index contributed by atoms with van der Waals surface area (Å²) in [7, 11) is -8.38. The first-order valence-electron chi connectivity index (χ1n) is 9.96. The van der Waals surface area contributed by atoms with Crippen molar-refractivity contribution in [2.75, 3.05) is 36.3 Å². The van der Waals surface area contributed by atoms with Crippen molar-refractivity contribution in [3.05, 3.63) is 59.9 Å². The summed E-state index contributed by atoms with van der Waals surface area (Å²) in [5, 5.41) is 3.50. The number of anilines is 2. The van der Waals surface area contributed by atoms with Gasteiger partial charge in [0.2, 0.25) is 10.0 Å². The second-order valence-corrected chi connectivity index (χ2v) is 11.1. The number of amides is 1. The highest BCUT2D eigenvalue weighted by Crippen LogP contribution is 2.37. The first-order chi connectivity index (χ1) is 15.7. The summed E-state index contributed by atoms with van der Waals surface area (Å²) in [6.45, 7) is 0.529. The van der Waals surface area contributed by atoms with Crippen molar-refractivity contribution >= 4 is 48.1 Å². The lowest BCUT2D eigenvalue weighted by atomic mass is 10.1. The Morgan fingerprint density at radius 2 is 1.73 bits per heavy atom. The number of carbonyl (C=O) groups excluding carboxylic acids is 1. The van der Waals surface area contributed by atoms with Crippen LogP contribution < -0.4 is 10.0 Å². The van der Waals surface area contributed by atoms with Crippen LogP contribution in [0.3, 0.4) is 0 Å². The largest absolute Gasteiger partial charge is 0.379 e. The number of carbonyl (C=O) groups is 1. The van der Waals surface area contributed by atoms with Crippen molar-refractivity contribution in [1.82, 2.24) is 4.31 Å². The highest BCUT2D eigenvalue weighted by molar-refractivity contribution is 7.93. The van der Waals surface area contributed by atoms with Crippen molar-refractivity contribution in [2.45, 2.75) is 9.79 Å². The Morgan fingerprint density at radius 3 is 2.48 bits per heavy atom. The SMILES string of the molecule is O=C1Nc2ccc(S(=O)(=O)Nc3ccc(F)c(S(=O)(=O)N4CCOCC4)c3)c3cccc1c23. The minimum absolute atomic E-state index is 0.0746. The normalized spacial score (nSPS) is 16.7. The Labute approximate surface area is 189 Å². The van der Waals surface area contributed by atoms with Crippen LogP contribution in [0.5, 0.6) is 0 Å². The number of hydrogen-bond donors (Lipinski definition) is 2. The third kappa shape index (κ3) is 3.64. The van der Waals surface area contributed by atoms with Gasteiger partial charge < -0.3 is 10.1 Å². The van der Waals surface area contributed by atoms with E-state index in [0.717, 1.165) is 22.5 Å². The molecule has 1 saturated heterocycles. The molecule has 9 nitrogen and oxygen atoms in total. The Morgan fingerprint density at radius 1 is 0.970 bits per heavy atom. The molecule has 1 amide bonds. The summed E-state index contributed by atoms with van der Waals surface area (Å²) in [6, 6.07) is 10.6. The number of hydrogen-bond acceptors (Lipinski definition) is 6. The van der Waals surface area contributed by atoms with Gasteiger partial charge in [-0.25, -0.2) is 21.2 Å². The lowest BCUT2D eigenvalue weighted by Crippen LogP contribution is -2.40. The molecule has 2 aliphatic heterocycles. The molecule has 0 radical (unpaired) electrons. The molecule has 0 saturated carbocycles. The fourth-order valence-corrected chi connectivity index (χ4v) is 6.75. The van der Waals surface area contributed by atoms with Gasteiger partial charge in [-0.05, 0) is 36.4 Å². The molecule has 0 unspecified atom stereocenters. The predicted molar refractivity (Wildman–Crippen MR) is 119 cm³/mol. The molecule has 1 fully saturated rings. The van der Waals surface area contributed by atoms with Gasteiger partial charge in [0.25, 0.3) is 15.9 Å². The van der Waals surface area contributed by atoms with Crippen molar-refractivity contribution < 1.29 is 30.8 Å². The van der Waals surface area contributed by atoms with Gasteiger partial charge in [0.05, 0.1) is 23.8 Å². The van der Waals surface area contributed by atoms with Crippen LogP contribution in [0.4, 0.5) is 15.8 Å². The van der Waals surface area contributed by atoms with Crippen LogP contribution in [0.1, 0.15) is 10.4 Å². The minimum Gasteiger partial charge on any atom is -0.379 e. The van der Waals surface area contributed by atoms with E-state index in [-0.39, 0.29) is 42.8 Å². The molecule has 0 atom stereocenters. The molecule has 3 aromatic rings. The number of halogens is 1. The average Bonchev–Trinajstić information content (AvgIpc) is 3.12. The molecule has 0 aromatic heterocycles. The van der Waals surface area contributed by atoms with E-state index in [1.165, 1.54) is 12.1 Å². The van der Waals surface area contributed by atoms with E-state index >= 15 is 0 Å². The lowest BCUT2D eigenvalue weighted by molar-refractivity contribution is 0.0729. The van der Waals surface area contributed by atoms with Crippen molar-refractivity contribution in [2.24, 2.45) is 0 Å². The number of nitrogens with one attached hydrogen (secondary N) is 2. The number of sulfonamides is 2. The molecule has 0 bridgehead atoms. The van der Waals surface area contributed by atoms with Crippen LogP contribution in [-0.2, 0) is 24.8 Å². The fourth-order valence-electron chi connectivity index (χ4n) is 4.00. The molecule has 0 spiro atoms. The second kappa shape index (κ2) is 7.76. The van der Waals surface area contributed by atoms with Gasteiger partial charge in [-0.1, -0.05) is 12.1 Å². The standard InChI is InChI=1S/C21H18FN3O6S2/c22-16-5-4-13(12-19(16)33(29,30)25-8-10-31-11-9-25)24-32(27,28)18-7-6-17-20-14(18)2-1-3-15(20)21(26)23-17/h1-7,12,24H,8-11H2,(H,23,26). The number of morpholine rings is 1. The zero-order valence-electron chi connectivity index (χ0n) is 17.0. The highest BCUT2D eigenvalue weighted by Gasteiger charge is 2.30. The van der Waals surface area contributed by atoms with E-state index in [1.54, 1.807) is 18.2 Å². The summed E-state index contributed by atoms with van der Waals surface area (Å²) in [5.41, 5.74) is 0.756. The van der Waals surface area contributed by atoms with Gasteiger partial charge in [-0.2, -0.15) is 4.31 Å². The van der Waals surface area contributed by atoms with Gasteiger partial charge in [0.15, 0.2) is 0 Å². The summed E-state index contributed by atoms with van der Waals surface area (Å²) in [4.78, 5) is 11.4. The Hall–Kier alpha value is -3.06. The Balaban J connectivity index is 1.54. The topological polar surface area (TPSA) is 122 Å².